The van der Waals surface area contributed by atoms with Crippen LogP contribution in [0, 0.1) is 0 Å². The second-order valence-corrected chi connectivity index (χ2v) is 3.72. The van der Waals surface area contributed by atoms with E-state index < -0.39 is 0 Å². The van der Waals surface area contributed by atoms with E-state index in [2.05, 4.69) is 10.6 Å². The molecular weight excluding hydrogens is 180 g/mol. The Morgan fingerprint density at radius 1 is 1.43 bits per heavy atom. The van der Waals surface area contributed by atoms with Crippen molar-refractivity contribution in [2.75, 3.05) is 13.2 Å². The van der Waals surface area contributed by atoms with Gasteiger partial charge in [-0.1, -0.05) is 6.92 Å². The predicted octanol–water partition coefficient (Wildman–Crippen LogP) is 0.262. The van der Waals surface area contributed by atoms with Gasteiger partial charge in [-0.2, -0.15) is 0 Å². The molecule has 0 radical (unpaired) electrons. The minimum absolute atomic E-state index is 0.0105. The molecule has 0 rings (SSSR count). The highest BCUT2D eigenvalue weighted by molar-refractivity contribution is 5.78. The number of hydrogen-bond donors (Lipinski definition) is 3. The molecule has 0 fully saturated rings. The Balaban J connectivity index is 3.62. The third-order valence-electron chi connectivity index (χ3n) is 1.97. The van der Waals surface area contributed by atoms with Crippen molar-refractivity contribution in [2.24, 2.45) is 0 Å². The summed E-state index contributed by atoms with van der Waals surface area (Å²) in [5, 5.41) is 14.6. The van der Waals surface area contributed by atoms with Crippen LogP contribution >= 0.6 is 0 Å². The van der Waals surface area contributed by atoms with E-state index in [1.807, 2.05) is 20.8 Å². The van der Waals surface area contributed by atoms with Crippen LogP contribution in [0.5, 0.6) is 0 Å². The maximum Gasteiger partial charge on any atom is 0.234 e. The zero-order valence-electron chi connectivity index (χ0n) is 9.34. The lowest BCUT2D eigenvalue weighted by Crippen LogP contribution is -2.41. The largest absolute Gasteiger partial charge is 0.396 e. The fraction of sp³-hybridized carbons (Fsp3) is 0.900. The van der Waals surface area contributed by atoms with E-state index in [0.717, 1.165) is 6.42 Å². The lowest BCUT2D eigenvalue weighted by Gasteiger charge is -2.16. The van der Waals surface area contributed by atoms with E-state index in [1.54, 1.807) is 0 Å². The minimum atomic E-state index is 0.0105. The van der Waals surface area contributed by atoms with Gasteiger partial charge in [0.2, 0.25) is 5.91 Å². The second-order valence-electron chi connectivity index (χ2n) is 3.72. The van der Waals surface area contributed by atoms with Crippen molar-refractivity contribution in [3.8, 4) is 0 Å². The Labute approximate surface area is 86.1 Å². The van der Waals surface area contributed by atoms with Gasteiger partial charge in [0.25, 0.3) is 0 Å². The molecule has 1 atom stereocenters. The molecule has 3 N–H and O–H groups in total. The van der Waals surface area contributed by atoms with Crippen LogP contribution in [-0.4, -0.2) is 36.2 Å². The van der Waals surface area contributed by atoms with E-state index >= 15 is 0 Å². The van der Waals surface area contributed by atoms with Gasteiger partial charge in [-0.15, -0.1) is 0 Å². The standard InChI is InChI=1S/C10H22N2O2/c1-4-9(5-6-13)11-7-10(14)12-8(2)3/h8-9,11,13H,4-7H2,1-3H3,(H,12,14). The summed E-state index contributed by atoms with van der Waals surface area (Å²) in [4.78, 5) is 11.2. The van der Waals surface area contributed by atoms with Crippen molar-refractivity contribution < 1.29 is 9.90 Å². The first-order valence-electron chi connectivity index (χ1n) is 5.23. The van der Waals surface area contributed by atoms with E-state index in [1.165, 1.54) is 0 Å². The lowest BCUT2D eigenvalue weighted by molar-refractivity contribution is -0.120. The van der Waals surface area contributed by atoms with Crippen LogP contribution in [-0.2, 0) is 4.79 Å². The highest BCUT2D eigenvalue weighted by Gasteiger charge is 2.07. The summed E-state index contributed by atoms with van der Waals surface area (Å²) in [7, 11) is 0. The quantitative estimate of drug-likeness (QED) is 0.555. The molecule has 1 unspecified atom stereocenters. The molecule has 0 saturated carbocycles. The maximum absolute atomic E-state index is 11.2. The smallest absolute Gasteiger partial charge is 0.234 e. The third kappa shape index (κ3) is 6.86. The molecule has 0 aliphatic carbocycles. The van der Waals surface area contributed by atoms with Crippen LogP contribution in [0.2, 0.25) is 0 Å². The number of nitrogens with one attached hydrogen (secondary N) is 2. The van der Waals surface area contributed by atoms with Crippen molar-refractivity contribution in [1.82, 2.24) is 10.6 Å². The molecule has 0 aliphatic heterocycles. The fourth-order valence-electron chi connectivity index (χ4n) is 1.22. The van der Waals surface area contributed by atoms with Gasteiger partial charge in [-0.25, -0.2) is 0 Å². The topological polar surface area (TPSA) is 61.4 Å². The number of carbonyl (C=O) groups excluding carboxylic acids is 1. The number of aliphatic hydroxyl groups excluding tert-OH is 1. The third-order valence-corrected chi connectivity index (χ3v) is 1.97. The molecule has 0 saturated heterocycles. The van der Waals surface area contributed by atoms with Crippen molar-refractivity contribution >= 4 is 5.91 Å². The number of hydrogen-bond acceptors (Lipinski definition) is 3. The average Bonchev–Trinajstić information content (AvgIpc) is 2.11. The van der Waals surface area contributed by atoms with Gasteiger partial charge >= 0.3 is 0 Å². The Kier molecular flexibility index (Phi) is 7.42. The van der Waals surface area contributed by atoms with Crippen LogP contribution in [0.25, 0.3) is 0 Å². The predicted molar refractivity (Wildman–Crippen MR) is 57.1 cm³/mol. The SMILES string of the molecule is CCC(CCO)NCC(=O)NC(C)C. The first-order valence-corrected chi connectivity index (χ1v) is 5.23. The summed E-state index contributed by atoms with van der Waals surface area (Å²) >= 11 is 0. The minimum Gasteiger partial charge on any atom is -0.396 e. The molecule has 14 heavy (non-hydrogen) atoms. The molecule has 1 amide bonds. The maximum atomic E-state index is 11.2. The van der Waals surface area contributed by atoms with Crippen molar-refractivity contribution in [1.29, 1.82) is 0 Å². The van der Waals surface area contributed by atoms with Crippen LogP contribution in [0.1, 0.15) is 33.6 Å². The first-order chi connectivity index (χ1) is 6.60. The van der Waals surface area contributed by atoms with E-state index in [9.17, 15) is 4.79 Å². The van der Waals surface area contributed by atoms with Gasteiger partial charge in [-0.3, -0.25) is 4.79 Å². The second kappa shape index (κ2) is 7.76. The molecule has 0 bridgehead atoms. The highest BCUT2D eigenvalue weighted by atomic mass is 16.3. The molecule has 0 spiro atoms. The Bertz CT molecular complexity index is 160. The zero-order valence-corrected chi connectivity index (χ0v) is 9.34. The Hall–Kier alpha value is -0.610. The number of aliphatic hydroxyl groups is 1. The summed E-state index contributed by atoms with van der Waals surface area (Å²) < 4.78 is 0. The summed E-state index contributed by atoms with van der Waals surface area (Å²) in [6.07, 6.45) is 1.63. The molecule has 0 aromatic rings. The fourth-order valence-corrected chi connectivity index (χ4v) is 1.22. The van der Waals surface area contributed by atoms with Crippen molar-refractivity contribution in [3.05, 3.63) is 0 Å². The summed E-state index contributed by atoms with van der Waals surface area (Å²) in [6.45, 7) is 6.40. The molecular formula is C10H22N2O2. The molecule has 0 aromatic carbocycles. The van der Waals surface area contributed by atoms with Gasteiger partial charge in [0.1, 0.15) is 0 Å². The van der Waals surface area contributed by atoms with Crippen molar-refractivity contribution in [3.63, 3.8) is 0 Å². The number of carbonyl (C=O) groups is 1. The van der Waals surface area contributed by atoms with Gasteiger partial charge < -0.3 is 15.7 Å². The number of rotatable bonds is 7. The molecule has 84 valence electrons. The molecule has 4 nitrogen and oxygen atoms in total. The van der Waals surface area contributed by atoms with Gasteiger partial charge in [0.15, 0.2) is 0 Å². The normalized spacial score (nSPS) is 12.9. The first kappa shape index (κ1) is 13.4. The van der Waals surface area contributed by atoms with Gasteiger partial charge in [-0.05, 0) is 26.7 Å². The zero-order chi connectivity index (χ0) is 11.0. The van der Waals surface area contributed by atoms with Gasteiger partial charge in [0.05, 0.1) is 6.54 Å². The van der Waals surface area contributed by atoms with Crippen LogP contribution in [0.3, 0.4) is 0 Å². The summed E-state index contributed by atoms with van der Waals surface area (Å²) in [6, 6.07) is 0.417. The summed E-state index contributed by atoms with van der Waals surface area (Å²) in [5.74, 6) is 0.0105. The monoisotopic (exact) mass is 202 g/mol. The highest BCUT2D eigenvalue weighted by Crippen LogP contribution is 1.95. The van der Waals surface area contributed by atoms with Crippen LogP contribution in [0.15, 0.2) is 0 Å². The molecule has 0 heterocycles. The Morgan fingerprint density at radius 2 is 2.07 bits per heavy atom. The molecule has 4 heteroatoms. The average molecular weight is 202 g/mol. The van der Waals surface area contributed by atoms with E-state index in [4.69, 9.17) is 5.11 Å². The number of amides is 1. The lowest BCUT2D eigenvalue weighted by atomic mass is 10.1. The molecule has 0 aliphatic rings. The van der Waals surface area contributed by atoms with E-state index in [0.29, 0.717) is 13.0 Å². The van der Waals surface area contributed by atoms with Crippen LogP contribution in [0.4, 0.5) is 0 Å². The van der Waals surface area contributed by atoms with Crippen molar-refractivity contribution in [2.45, 2.75) is 45.7 Å². The van der Waals surface area contributed by atoms with E-state index in [-0.39, 0.29) is 24.6 Å². The Morgan fingerprint density at radius 3 is 2.50 bits per heavy atom. The molecule has 0 aromatic heterocycles. The van der Waals surface area contributed by atoms with Crippen LogP contribution < -0.4 is 10.6 Å². The summed E-state index contributed by atoms with van der Waals surface area (Å²) in [5.41, 5.74) is 0. The van der Waals surface area contributed by atoms with Gasteiger partial charge in [0, 0.05) is 18.7 Å².